The molecule has 7 nitrogen and oxygen atoms in total. The number of amides is 2. The van der Waals surface area contributed by atoms with E-state index in [4.69, 9.17) is 10.5 Å². The van der Waals surface area contributed by atoms with Crippen LogP contribution in [0.1, 0.15) is 71.9 Å². The lowest BCUT2D eigenvalue weighted by Gasteiger charge is -2.33. The average Bonchev–Trinajstić information content (AvgIpc) is 3.51. The molecule has 2 unspecified atom stereocenters. The van der Waals surface area contributed by atoms with Crippen LogP contribution in [0.15, 0.2) is 29.3 Å². The van der Waals surface area contributed by atoms with Crippen molar-refractivity contribution in [2.45, 2.75) is 78.0 Å². The summed E-state index contributed by atoms with van der Waals surface area (Å²) in [7, 11) is 0. The zero-order valence-electron chi connectivity index (χ0n) is 19.4. The Morgan fingerprint density at radius 3 is 2.68 bits per heavy atom. The molecule has 3 N–H and O–H groups in total. The fraction of sp³-hybridized carbons (Fsp3) is 0.625. The van der Waals surface area contributed by atoms with Gasteiger partial charge in [-0.25, -0.2) is 4.99 Å². The lowest BCUT2D eigenvalue weighted by atomic mass is 9.95. The van der Waals surface area contributed by atoms with Gasteiger partial charge in [0.1, 0.15) is 11.9 Å². The van der Waals surface area contributed by atoms with E-state index in [2.05, 4.69) is 17.2 Å². The first-order chi connectivity index (χ1) is 14.8. The maximum atomic E-state index is 12.9. The number of hydrogen-bond donors (Lipinski definition) is 2. The van der Waals surface area contributed by atoms with Gasteiger partial charge >= 0.3 is 0 Å². The number of carbonyl (C=O) groups is 2. The Kier molecular flexibility index (Phi) is 6.92. The SMILES string of the molecule is CC.CCC1C[C@H](NC(=O)C2C[C@@H]2CN2C(=O)CC(C)(C)N=C2N)c2ccccc2O1. The molecule has 0 spiro atoms. The van der Waals surface area contributed by atoms with E-state index in [0.29, 0.717) is 13.0 Å². The van der Waals surface area contributed by atoms with Crippen molar-refractivity contribution in [3.05, 3.63) is 29.8 Å². The third-order valence-corrected chi connectivity index (χ3v) is 6.11. The van der Waals surface area contributed by atoms with Crippen LogP contribution >= 0.6 is 0 Å². The van der Waals surface area contributed by atoms with Crippen molar-refractivity contribution in [1.82, 2.24) is 10.2 Å². The second-order valence-electron chi connectivity index (χ2n) is 9.05. The fourth-order valence-electron chi connectivity index (χ4n) is 4.36. The number of aliphatic imine (C=N–C) groups is 1. The molecule has 0 bridgehead atoms. The molecule has 1 saturated carbocycles. The first kappa shape index (κ1) is 23.1. The van der Waals surface area contributed by atoms with Crippen molar-refractivity contribution >= 4 is 17.8 Å². The summed E-state index contributed by atoms with van der Waals surface area (Å²) in [6, 6.07) is 7.86. The van der Waals surface area contributed by atoms with E-state index >= 15 is 0 Å². The van der Waals surface area contributed by atoms with Gasteiger partial charge in [-0.1, -0.05) is 39.0 Å². The van der Waals surface area contributed by atoms with Gasteiger partial charge in [0.05, 0.1) is 18.0 Å². The largest absolute Gasteiger partial charge is 0.490 e. The van der Waals surface area contributed by atoms with Gasteiger partial charge in [0.25, 0.3) is 0 Å². The van der Waals surface area contributed by atoms with Crippen LogP contribution in [-0.4, -0.2) is 40.9 Å². The number of fused-ring (bicyclic) bond motifs is 1. The van der Waals surface area contributed by atoms with Crippen molar-refractivity contribution in [1.29, 1.82) is 0 Å². The smallest absolute Gasteiger partial charge is 0.231 e. The highest BCUT2D eigenvalue weighted by molar-refractivity contribution is 5.99. The summed E-state index contributed by atoms with van der Waals surface area (Å²) in [6.45, 7) is 10.4. The van der Waals surface area contributed by atoms with Crippen molar-refractivity contribution in [3.63, 3.8) is 0 Å². The second kappa shape index (κ2) is 9.28. The number of guanidine groups is 1. The molecule has 1 aliphatic carbocycles. The van der Waals surface area contributed by atoms with E-state index in [0.717, 1.165) is 30.6 Å². The summed E-state index contributed by atoms with van der Waals surface area (Å²) >= 11 is 0. The zero-order chi connectivity index (χ0) is 22.8. The molecular weight excluding hydrogens is 392 g/mol. The van der Waals surface area contributed by atoms with Crippen molar-refractivity contribution in [3.8, 4) is 5.75 Å². The molecule has 0 saturated heterocycles. The van der Waals surface area contributed by atoms with Gasteiger partial charge in [0, 0.05) is 24.4 Å². The molecule has 4 rings (SSSR count). The third-order valence-electron chi connectivity index (χ3n) is 6.11. The number of rotatable bonds is 5. The van der Waals surface area contributed by atoms with Gasteiger partial charge < -0.3 is 15.8 Å². The lowest BCUT2D eigenvalue weighted by Crippen LogP contribution is -2.50. The summed E-state index contributed by atoms with van der Waals surface area (Å²) in [4.78, 5) is 31.3. The van der Waals surface area contributed by atoms with Crippen molar-refractivity contribution < 1.29 is 14.3 Å². The van der Waals surface area contributed by atoms with E-state index < -0.39 is 5.54 Å². The molecular formula is C24H36N4O3. The van der Waals surface area contributed by atoms with Gasteiger partial charge in [-0.2, -0.15) is 0 Å². The normalized spacial score (nSPS) is 28.4. The molecule has 7 heteroatoms. The monoisotopic (exact) mass is 428 g/mol. The Morgan fingerprint density at radius 1 is 1.29 bits per heavy atom. The molecule has 1 aromatic carbocycles. The summed E-state index contributed by atoms with van der Waals surface area (Å²) < 4.78 is 6.01. The Bertz CT molecular complexity index is 851. The number of nitrogens with two attached hydrogens (primary N) is 1. The van der Waals surface area contributed by atoms with E-state index in [-0.39, 0.29) is 41.8 Å². The molecule has 31 heavy (non-hydrogen) atoms. The minimum Gasteiger partial charge on any atom is -0.490 e. The Hall–Kier alpha value is -2.57. The van der Waals surface area contributed by atoms with Crippen LogP contribution < -0.4 is 15.8 Å². The molecule has 170 valence electrons. The van der Waals surface area contributed by atoms with Gasteiger partial charge in [-0.3, -0.25) is 14.5 Å². The number of benzene rings is 1. The highest BCUT2D eigenvalue weighted by Crippen LogP contribution is 2.42. The molecule has 3 aliphatic rings. The van der Waals surface area contributed by atoms with Gasteiger partial charge in [-0.05, 0) is 38.7 Å². The number of hydrogen-bond acceptors (Lipinski definition) is 5. The van der Waals surface area contributed by atoms with Crippen molar-refractivity contribution in [2.75, 3.05) is 6.54 Å². The van der Waals surface area contributed by atoms with Crippen LogP contribution in [0.4, 0.5) is 0 Å². The Balaban J connectivity index is 0.00000132. The van der Waals surface area contributed by atoms with Gasteiger partial charge in [0.2, 0.25) is 11.8 Å². The highest BCUT2D eigenvalue weighted by Gasteiger charge is 2.47. The first-order valence-electron chi connectivity index (χ1n) is 11.5. The number of para-hydroxylation sites is 1. The van der Waals surface area contributed by atoms with Crippen LogP contribution in [-0.2, 0) is 9.59 Å². The summed E-state index contributed by atoms with van der Waals surface area (Å²) in [5.41, 5.74) is 6.60. The zero-order valence-corrected chi connectivity index (χ0v) is 19.4. The van der Waals surface area contributed by atoms with Crippen molar-refractivity contribution in [2.24, 2.45) is 22.6 Å². The molecule has 2 aliphatic heterocycles. The average molecular weight is 429 g/mol. The fourth-order valence-corrected chi connectivity index (χ4v) is 4.36. The van der Waals surface area contributed by atoms with E-state index in [9.17, 15) is 9.59 Å². The predicted octanol–water partition coefficient (Wildman–Crippen LogP) is 3.39. The summed E-state index contributed by atoms with van der Waals surface area (Å²) in [5.74, 6) is 1.20. The highest BCUT2D eigenvalue weighted by atomic mass is 16.5. The van der Waals surface area contributed by atoms with E-state index in [1.165, 1.54) is 0 Å². The number of carbonyl (C=O) groups excluding carboxylic acids is 2. The third kappa shape index (κ3) is 5.20. The molecule has 1 aromatic rings. The molecule has 2 heterocycles. The lowest BCUT2D eigenvalue weighted by molar-refractivity contribution is -0.130. The van der Waals surface area contributed by atoms with Gasteiger partial charge in [0.15, 0.2) is 5.96 Å². The van der Waals surface area contributed by atoms with E-state index in [1.807, 2.05) is 52.0 Å². The van der Waals surface area contributed by atoms with Crippen LogP contribution in [0, 0.1) is 11.8 Å². The topological polar surface area (TPSA) is 97.0 Å². The maximum Gasteiger partial charge on any atom is 0.231 e. The summed E-state index contributed by atoms with van der Waals surface area (Å²) in [6.07, 6.45) is 2.90. The number of ether oxygens (including phenoxy) is 1. The Morgan fingerprint density at radius 2 is 2.00 bits per heavy atom. The minimum atomic E-state index is -0.454. The molecule has 1 fully saturated rings. The predicted molar refractivity (Wildman–Crippen MR) is 122 cm³/mol. The Labute approximate surface area is 185 Å². The number of nitrogens with one attached hydrogen (secondary N) is 1. The number of nitrogens with zero attached hydrogens (tertiary/aromatic N) is 2. The van der Waals surface area contributed by atoms with E-state index in [1.54, 1.807) is 4.90 Å². The van der Waals surface area contributed by atoms with Crippen LogP contribution in [0.2, 0.25) is 0 Å². The molecule has 0 aromatic heterocycles. The maximum absolute atomic E-state index is 12.9. The standard InChI is InChI=1S/C22H30N4O3.C2H6/c1-4-14-10-17(15-7-5-6-8-18(15)29-14)24-20(28)16-9-13(16)12-26-19(27)11-22(2,3)25-21(26)23;1-2/h5-8,13-14,16-17H,4,9-12H2,1-3H3,(H2,23,25)(H,24,28);1-2H3/t13-,14?,16?,17+;/m1./s1. The molecule has 2 amide bonds. The second-order valence-corrected chi connectivity index (χ2v) is 9.05. The summed E-state index contributed by atoms with van der Waals surface area (Å²) in [5, 5.41) is 3.22. The minimum absolute atomic E-state index is 0.0160. The van der Waals surface area contributed by atoms with Gasteiger partial charge in [-0.15, -0.1) is 0 Å². The molecule has 4 atom stereocenters. The first-order valence-corrected chi connectivity index (χ1v) is 11.5. The van der Waals surface area contributed by atoms with Crippen LogP contribution in [0.3, 0.4) is 0 Å². The van der Waals surface area contributed by atoms with Crippen LogP contribution in [0.25, 0.3) is 0 Å². The quantitative estimate of drug-likeness (QED) is 0.751. The molecule has 0 radical (unpaired) electrons. The van der Waals surface area contributed by atoms with Crippen LogP contribution in [0.5, 0.6) is 5.75 Å².